The molecule has 1 aromatic heterocycles. The molecule has 2 heterocycles. The fourth-order valence-electron chi connectivity index (χ4n) is 3.43. The zero-order valence-corrected chi connectivity index (χ0v) is 17.3. The summed E-state index contributed by atoms with van der Waals surface area (Å²) in [6.45, 7) is 2.58. The first-order valence-corrected chi connectivity index (χ1v) is 9.62. The molecule has 0 radical (unpaired) electrons. The maximum Gasteiger partial charge on any atom is 0.340 e. The second-order valence-electron chi connectivity index (χ2n) is 6.73. The van der Waals surface area contributed by atoms with Gasteiger partial charge >= 0.3 is 11.6 Å². The van der Waals surface area contributed by atoms with Crippen molar-refractivity contribution in [2.45, 2.75) is 19.9 Å². The number of benzene rings is 2. The molecule has 6 nitrogen and oxygen atoms in total. The topological polar surface area (TPSA) is 69.0 Å². The molecular weight excluding hydrogens is 417 g/mol. The van der Waals surface area contributed by atoms with Crippen molar-refractivity contribution in [2.24, 2.45) is 0 Å². The molecule has 29 heavy (non-hydrogen) atoms. The molecule has 150 valence electrons. The number of carbonyl (C=O) groups is 1. The van der Waals surface area contributed by atoms with Crippen molar-refractivity contribution in [3.63, 3.8) is 0 Å². The first-order valence-electron chi connectivity index (χ1n) is 8.87. The van der Waals surface area contributed by atoms with E-state index in [2.05, 4.69) is 4.74 Å². The minimum atomic E-state index is -0.555. The maximum absolute atomic E-state index is 12.6. The van der Waals surface area contributed by atoms with Crippen LogP contribution in [0.3, 0.4) is 0 Å². The molecule has 2 aromatic carbocycles. The van der Waals surface area contributed by atoms with Crippen LogP contribution in [0.25, 0.3) is 11.0 Å². The molecule has 0 bridgehead atoms. The van der Waals surface area contributed by atoms with E-state index < -0.39 is 11.6 Å². The number of aryl methyl sites for hydroxylation is 1. The van der Waals surface area contributed by atoms with E-state index in [1.165, 1.54) is 7.11 Å². The highest BCUT2D eigenvalue weighted by Crippen LogP contribution is 2.36. The molecule has 0 atom stereocenters. The van der Waals surface area contributed by atoms with Gasteiger partial charge < -0.3 is 18.8 Å². The van der Waals surface area contributed by atoms with Crippen molar-refractivity contribution >= 4 is 45.8 Å². The highest BCUT2D eigenvalue weighted by Gasteiger charge is 2.24. The van der Waals surface area contributed by atoms with E-state index in [9.17, 15) is 9.59 Å². The number of carbonyl (C=O) groups excluding carboxylic acids is 1. The van der Waals surface area contributed by atoms with E-state index in [1.54, 1.807) is 19.1 Å². The minimum absolute atomic E-state index is 0.135. The summed E-state index contributed by atoms with van der Waals surface area (Å²) < 4.78 is 16.2. The van der Waals surface area contributed by atoms with Crippen molar-refractivity contribution in [1.82, 2.24) is 0 Å². The fraction of sp³-hybridized carbons (Fsp3) is 0.238. The monoisotopic (exact) mass is 433 g/mol. The summed E-state index contributed by atoms with van der Waals surface area (Å²) in [4.78, 5) is 26.2. The third-order valence-corrected chi connectivity index (χ3v) is 5.80. The predicted molar refractivity (Wildman–Crippen MR) is 111 cm³/mol. The van der Waals surface area contributed by atoms with Crippen LogP contribution in [0.2, 0.25) is 10.0 Å². The number of hydrogen-bond acceptors (Lipinski definition) is 6. The van der Waals surface area contributed by atoms with Crippen molar-refractivity contribution < 1.29 is 18.7 Å². The number of esters is 1. The van der Waals surface area contributed by atoms with E-state index in [-0.39, 0.29) is 6.42 Å². The van der Waals surface area contributed by atoms with Crippen LogP contribution < -0.4 is 15.3 Å². The number of fused-ring (bicyclic) bond motifs is 3. The molecule has 0 unspecified atom stereocenters. The predicted octanol–water partition coefficient (Wildman–Crippen LogP) is 4.48. The average Bonchev–Trinajstić information content (AvgIpc) is 2.72. The molecule has 1 aliphatic rings. The van der Waals surface area contributed by atoms with E-state index in [1.807, 2.05) is 23.1 Å². The lowest BCUT2D eigenvalue weighted by Crippen LogP contribution is -2.32. The van der Waals surface area contributed by atoms with Crippen LogP contribution in [0.15, 0.2) is 39.5 Å². The summed E-state index contributed by atoms with van der Waals surface area (Å²) >= 11 is 12.2. The zero-order chi connectivity index (χ0) is 20.7. The Kier molecular flexibility index (Phi) is 5.15. The summed E-state index contributed by atoms with van der Waals surface area (Å²) in [5.41, 5.74) is 2.47. The van der Waals surface area contributed by atoms with Crippen LogP contribution in [0.5, 0.6) is 5.75 Å². The number of rotatable bonds is 3. The number of methoxy groups -OCH3 is 1. The van der Waals surface area contributed by atoms with Crippen LogP contribution in [-0.4, -0.2) is 19.8 Å². The van der Waals surface area contributed by atoms with Crippen LogP contribution >= 0.6 is 23.2 Å². The first kappa shape index (κ1) is 19.6. The summed E-state index contributed by atoms with van der Waals surface area (Å²) in [6.07, 6.45) is -0.135. The molecule has 0 saturated carbocycles. The Morgan fingerprint density at radius 2 is 2.00 bits per heavy atom. The van der Waals surface area contributed by atoms with Crippen molar-refractivity contribution in [3.8, 4) is 5.75 Å². The van der Waals surface area contributed by atoms with Crippen LogP contribution in [0.1, 0.15) is 16.7 Å². The second kappa shape index (κ2) is 7.61. The molecule has 0 aliphatic carbocycles. The van der Waals surface area contributed by atoms with Gasteiger partial charge in [0.15, 0.2) is 6.73 Å². The molecule has 0 spiro atoms. The van der Waals surface area contributed by atoms with E-state index in [0.717, 1.165) is 16.6 Å². The van der Waals surface area contributed by atoms with Gasteiger partial charge in [0.25, 0.3) is 0 Å². The van der Waals surface area contributed by atoms with Crippen LogP contribution in [0.4, 0.5) is 5.69 Å². The van der Waals surface area contributed by atoms with Crippen LogP contribution in [-0.2, 0) is 22.5 Å². The molecule has 4 rings (SSSR count). The highest BCUT2D eigenvalue weighted by atomic mass is 35.5. The minimum Gasteiger partial charge on any atom is -0.473 e. The van der Waals surface area contributed by atoms with Gasteiger partial charge in [-0.15, -0.1) is 0 Å². The lowest BCUT2D eigenvalue weighted by Gasteiger charge is -2.31. The van der Waals surface area contributed by atoms with Gasteiger partial charge in [-0.3, -0.25) is 4.79 Å². The summed E-state index contributed by atoms with van der Waals surface area (Å²) in [5.74, 6) is 0.156. The Hall–Kier alpha value is -2.70. The SMILES string of the molecule is COC(=O)Cc1c(C)c2ccc3c(c2oc1=O)CN(c1ccc(Cl)c(Cl)c1)CO3. The van der Waals surface area contributed by atoms with Crippen molar-refractivity contribution in [3.05, 3.63) is 67.5 Å². The van der Waals surface area contributed by atoms with Crippen molar-refractivity contribution in [1.29, 1.82) is 0 Å². The normalized spacial score (nSPS) is 13.2. The van der Waals surface area contributed by atoms with E-state index in [0.29, 0.717) is 45.8 Å². The molecule has 8 heteroatoms. The average molecular weight is 434 g/mol. The summed E-state index contributed by atoms with van der Waals surface area (Å²) in [6, 6.07) is 9.02. The summed E-state index contributed by atoms with van der Waals surface area (Å²) in [5, 5.41) is 1.67. The number of hydrogen-bond donors (Lipinski definition) is 0. The number of anilines is 1. The maximum atomic E-state index is 12.6. The smallest absolute Gasteiger partial charge is 0.340 e. The standard InChI is InChI=1S/C21H17Cl2NO5/c1-11-13-4-6-18-15(20(13)29-21(26)14(11)8-19(25)27-2)9-24(10-28-18)12-3-5-16(22)17(23)7-12/h3-7H,8-10H2,1-2H3. The molecule has 0 N–H and O–H groups in total. The van der Waals surface area contributed by atoms with Crippen molar-refractivity contribution in [2.75, 3.05) is 18.7 Å². The lowest BCUT2D eigenvalue weighted by atomic mass is 10.00. The molecular formula is C21H17Cl2NO5. The van der Waals surface area contributed by atoms with Gasteiger partial charge in [-0.25, -0.2) is 4.79 Å². The van der Waals surface area contributed by atoms with Gasteiger partial charge in [0.2, 0.25) is 0 Å². The number of halogens is 2. The second-order valence-corrected chi connectivity index (χ2v) is 7.55. The first-order chi connectivity index (χ1) is 13.9. The lowest BCUT2D eigenvalue weighted by molar-refractivity contribution is -0.139. The Balaban J connectivity index is 1.79. The Bertz CT molecular complexity index is 1190. The molecule has 0 amide bonds. The van der Waals surface area contributed by atoms with Gasteiger partial charge in [-0.05, 0) is 42.8 Å². The van der Waals surface area contributed by atoms with Gasteiger partial charge in [-0.1, -0.05) is 23.2 Å². The van der Waals surface area contributed by atoms with Gasteiger partial charge in [-0.2, -0.15) is 0 Å². The molecule has 0 fully saturated rings. The largest absolute Gasteiger partial charge is 0.473 e. The van der Waals surface area contributed by atoms with E-state index in [4.69, 9.17) is 32.4 Å². The Labute approximate surface area is 176 Å². The fourth-order valence-corrected chi connectivity index (χ4v) is 3.72. The highest BCUT2D eigenvalue weighted by molar-refractivity contribution is 6.42. The third-order valence-electron chi connectivity index (χ3n) is 5.06. The van der Waals surface area contributed by atoms with Gasteiger partial charge in [0.05, 0.1) is 41.2 Å². The van der Waals surface area contributed by atoms with E-state index >= 15 is 0 Å². The van der Waals surface area contributed by atoms with Crippen LogP contribution in [0, 0.1) is 6.92 Å². The van der Waals surface area contributed by atoms with Gasteiger partial charge in [0.1, 0.15) is 11.3 Å². The quantitative estimate of drug-likeness (QED) is 0.447. The number of nitrogens with zero attached hydrogens (tertiary/aromatic N) is 1. The summed E-state index contributed by atoms with van der Waals surface area (Å²) in [7, 11) is 1.28. The molecule has 3 aromatic rings. The third kappa shape index (κ3) is 3.54. The zero-order valence-electron chi connectivity index (χ0n) is 15.8. The van der Waals surface area contributed by atoms with Gasteiger partial charge in [0, 0.05) is 11.1 Å². The Morgan fingerprint density at radius 1 is 1.21 bits per heavy atom. The molecule has 0 saturated heterocycles. The Morgan fingerprint density at radius 3 is 2.72 bits per heavy atom. The molecule has 1 aliphatic heterocycles. The number of ether oxygens (including phenoxy) is 2.